The molecule has 3 nitrogen and oxygen atoms in total. The summed E-state index contributed by atoms with van der Waals surface area (Å²) >= 11 is 6.33. The lowest BCUT2D eigenvalue weighted by atomic mass is 10.0. The first-order valence-corrected chi connectivity index (χ1v) is 7.81. The summed E-state index contributed by atoms with van der Waals surface area (Å²) in [5.74, 6) is 0.438. The Bertz CT molecular complexity index is 456. The first kappa shape index (κ1) is 15.3. The van der Waals surface area contributed by atoms with Gasteiger partial charge in [0.15, 0.2) is 0 Å². The second-order valence-corrected chi connectivity index (χ2v) is 5.69. The minimum Gasteiger partial charge on any atom is -0.354 e. The first-order valence-electron chi connectivity index (χ1n) is 7.43. The predicted molar refractivity (Wildman–Crippen MR) is 82.8 cm³/mol. The zero-order valence-corrected chi connectivity index (χ0v) is 13.0. The molecule has 1 aromatic rings. The molecule has 1 fully saturated rings. The maximum Gasteiger partial charge on any atom is 0.223 e. The highest BCUT2D eigenvalue weighted by molar-refractivity contribution is 6.31. The van der Waals surface area contributed by atoms with E-state index in [9.17, 15) is 4.79 Å². The highest BCUT2D eigenvalue weighted by Gasteiger charge is 2.30. The average Bonchev–Trinajstić information content (AvgIpc) is 3.29. The molecule has 0 aliphatic heterocycles. The van der Waals surface area contributed by atoms with Crippen LogP contribution in [0, 0.1) is 5.92 Å². The van der Waals surface area contributed by atoms with Crippen LogP contribution in [0.25, 0.3) is 0 Å². The first-order chi connectivity index (χ1) is 9.67. The number of halogens is 1. The van der Waals surface area contributed by atoms with Crippen molar-refractivity contribution in [3.05, 3.63) is 34.9 Å². The van der Waals surface area contributed by atoms with Crippen molar-refractivity contribution in [2.24, 2.45) is 5.92 Å². The fourth-order valence-electron chi connectivity index (χ4n) is 2.53. The molecule has 1 N–H and O–H groups in total. The van der Waals surface area contributed by atoms with Gasteiger partial charge in [-0.25, -0.2) is 0 Å². The molecule has 1 aliphatic carbocycles. The minimum atomic E-state index is 0.140. The van der Waals surface area contributed by atoms with Crippen molar-refractivity contribution in [1.82, 2.24) is 10.2 Å². The summed E-state index contributed by atoms with van der Waals surface area (Å²) in [7, 11) is 0. The zero-order valence-electron chi connectivity index (χ0n) is 12.2. The van der Waals surface area contributed by atoms with E-state index >= 15 is 0 Å². The number of rotatable bonds is 7. The van der Waals surface area contributed by atoms with Crippen molar-refractivity contribution in [3.8, 4) is 0 Å². The van der Waals surface area contributed by atoms with Crippen LogP contribution < -0.4 is 5.32 Å². The lowest BCUT2D eigenvalue weighted by molar-refractivity contribution is -0.122. The average molecular weight is 295 g/mol. The van der Waals surface area contributed by atoms with Crippen LogP contribution in [-0.4, -0.2) is 30.4 Å². The van der Waals surface area contributed by atoms with Crippen LogP contribution >= 0.6 is 11.6 Å². The van der Waals surface area contributed by atoms with E-state index in [1.807, 2.05) is 18.2 Å². The molecule has 0 radical (unpaired) electrons. The van der Waals surface area contributed by atoms with Crippen LogP contribution in [0.2, 0.25) is 5.02 Å². The fraction of sp³-hybridized carbons (Fsp3) is 0.562. The Morgan fingerprint density at radius 2 is 2.00 bits per heavy atom. The molecular formula is C16H23ClN2O. The zero-order chi connectivity index (χ0) is 14.5. The Morgan fingerprint density at radius 1 is 1.35 bits per heavy atom. The van der Waals surface area contributed by atoms with E-state index < -0.39 is 0 Å². The Labute approximate surface area is 126 Å². The molecule has 0 saturated heterocycles. The molecule has 0 spiro atoms. The number of amides is 1. The molecule has 0 bridgehead atoms. The fourth-order valence-corrected chi connectivity index (χ4v) is 2.79. The molecule has 4 heteroatoms. The summed E-state index contributed by atoms with van der Waals surface area (Å²) in [5, 5.41) is 3.85. The Balaban J connectivity index is 2.11. The Morgan fingerprint density at radius 3 is 2.55 bits per heavy atom. The van der Waals surface area contributed by atoms with Crippen molar-refractivity contribution in [2.75, 3.05) is 19.6 Å². The van der Waals surface area contributed by atoms with Crippen molar-refractivity contribution in [3.63, 3.8) is 0 Å². The standard InChI is InChI=1S/C16H23ClN2O/c1-3-19(4-2)15(11-18-16(20)12-9-10-12)13-7-5-6-8-14(13)17/h5-8,12,15H,3-4,9-11H2,1-2H3,(H,18,20). The van der Waals surface area contributed by atoms with Crippen LogP contribution in [0.5, 0.6) is 0 Å². The quantitative estimate of drug-likeness (QED) is 0.837. The van der Waals surface area contributed by atoms with Gasteiger partial charge in [-0.1, -0.05) is 43.6 Å². The van der Waals surface area contributed by atoms with E-state index in [0.717, 1.165) is 36.5 Å². The molecule has 1 saturated carbocycles. The van der Waals surface area contributed by atoms with Crippen LogP contribution in [0.4, 0.5) is 0 Å². The van der Waals surface area contributed by atoms with E-state index in [2.05, 4.69) is 30.1 Å². The molecule has 1 amide bonds. The molecule has 1 unspecified atom stereocenters. The molecule has 0 aromatic heterocycles. The third-order valence-corrected chi connectivity index (χ3v) is 4.28. The number of nitrogens with one attached hydrogen (secondary N) is 1. The van der Waals surface area contributed by atoms with Crippen molar-refractivity contribution in [1.29, 1.82) is 0 Å². The number of nitrogens with zero attached hydrogens (tertiary/aromatic N) is 1. The molecule has 20 heavy (non-hydrogen) atoms. The number of carbonyl (C=O) groups is 1. The minimum absolute atomic E-state index is 0.140. The molecule has 0 heterocycles. The smallest absolute Gasteiger partial charge is 0.223 e. The van der Waals surface area contributed by atoms with E-state index in [1.54, 1.807) is 0 Å². The van der Waals surface area contributed by atoms with Gasteiger partial charge in [-0.15, -0.1) is 0 Å². The van der Waals surface area contributed by atoms with E-state index in [1.165, 1.54) is 0 Å². The normalized spacial score (nSPS) is 16.2. The second kappa shape index (κ2) is 7.09. The monoisotopic (exact) mass is 294 g/mol. The number of carbonyl (C=O) groups excluding carboxylic acids is 1. The molecule has 1 atom stereocenters. The predicted octanol–water partition coefficient (Wildman–Crippen LogP) is 3.25. The number of hydrogen-bond acceptors (Lipinski definition) is 2. The highest BCUT2D eigenvalue weighted by atomic mass is 35.5. The van der Waals surface area contributed by atoms with Gasteiger partial charge in [-0.3, -0.25) is 9.69 Å². The summed E-state index contributed by atoms with van der Waals surface area (Å²) in [6.45, 7) is 6.77. The maximum atomic E-state index is 11.9. The largest absolute Gasteiger partial charge is 0.354 e. The van der Waals surface area contributed by atoms with E-state index in [0.29, 0.717) is 6.54 Å². The topological polar surface area (TPSA) is 32.3 Å². The van der Waals surface area contributed by atoms with Gasteiger partial charge >= 0.3 is 0 Å². The van der Waals surface area contributed by atoms with E-state index in [-0.39, 0.29) is 17.9 Å². The summed E-state index contributed by atoms with van der Waals surface area (Å²) in [6, 6.07) is 8.04. The SMILES string of the molecule is CCN(CC)C(CNC(=O)C1CC1)c1ccccc1Cl. The third kappa shape index (κ3) is 3.74. The summed E-state index contributed by atoms with van der Waals surface area (Å²) < 4.78 is 0. The number of hydrogen-bond donors (Lipinski definition) is 1. The molecule has 1 aliphatic rings. The van der Waals surface area contributed by atoms with Gasteiger partial charge in [0, 0.05) is 17.5 Å². The Hall–Kier alpha value is -1.06. The van der Waals surface area contributed by atoms with E-state index in [4.69, 9.17) is 11.6 Å². The van der Waals surface area contributed by atoms with Gasteiger partial charge in [0.25, 0.3) is 0 Å². The van der Waals surface area contributed by atoms with Crippen molar-refractivity contribution in [2.45, 2.75) is 32.7 Å². The lowest BCUT2D eigenvalue weighted by Gasteiger charge is -2.31. The number of likely N-dealkylation sites (N-methyl/N-ethyl adjacent to an activating group) is 1. The van der Waals surface area contributed by atoms with Crippen LogP contribution in [-0.2, 0) is 4.79 Å². The maximum absolute atomic E-state index is 11.9. The van der Waals surface area contributed by atoms with Gasteiger partial charge in [-0.2, -0.15) is 0 Å². The van der Waals surface area contributed by atoms with Crippen LogP contribution in [0.3, 0.4) is 0 Å². The highest BCUT2D eigenvalue weighted by Crippen LogP contribution is 2.30. The summed E-state index contributed by atoms with van der Waals surface area (Å²) in [5.41, 5.74) is 1.09. The van der Waals surface area contributed by atoms with Crippen molar-refractivity contribution >= 4 is 17.5 Å². The number of benzene rings is 1. The van der Waals surface area contributed by atoms with Gasteiger partial charge in [0.1, 0.15) is 0 Å². The third-order valence-electron chi connectivity index (χ3n) is 3.94. The van der Waals surface area contributed by atoms with Crippen LogP contribution in [0.1, 0.15) is 38.3 Å². The molecule has 2 rings (SSSR count). The summed E-state index contributed by atoms with van der Waals surface area (Å²) in [4.78, 5) is 14.2. The van der Waals surface area contributed by atoms with Gasteiger partial charge in [0.05, 0.1) is 6.04 Å². The van der Waals surface area contributed by atoms with Gasteiger partial charge in [0.2, 0.25) is 5.91 Å². The molecule has 110 valence electrons. The van der Waals surface area contributed by atoms with Crippen LogP contribution in [0.15, 0.2) is 24.3 Å². The van der Waals surface area contributed by atoms with Gasteiger partial charge < -0.3 is 5.32 Å². The molecular weight excluding hydrogens is 272 g/mol. The lowest BCUT2D eigenvalue weighted by Crippen LogP contribution is -2.38. The van der Waals surface area contributed by atoms with Gasteiger partial charge in [-0.05, 0) is 37.6 Å². The van der Waals surface area contributed by atoms with Crippen molar-refractivity contribution < 1.29 is 4.79 Å². The molecule has 1 aromatic carbocycles. The Kier molecular flexibility index (Phi) is 5.44. The summed E-state index contributed by atoms with van der Waals surface area (Å²) in [6.07, 6.45) is 2.07. The second-order valence-electron chi connectivity index (χ2n) is 5.28.